The maximum absolute atomic E-state index is 11.5. The minimum Gasteiger partial charge on any atom is -0.465 e. The molecular formula is C11H16N2O3S. The van der Waals surface area contributed by atoms with Crippen LogP contribution in [-0.2, 0) is 9.53 Å². The Labute approximate surface area is 104 Å². The smallest absolute Gasteiger partial charge is 0.350 e. The van der Waals surface area contributed by atoms with Gasteiger partial charge in [-0.05, 0) is 12.8 Å². The van der Waals surface area contributed by atoms with Crippen molar-refractivity contribution in [1.82, 2.24) is 4.98 Å². The van der Waals surface area contributed by atoms with Gasteiger partial charge >= 0.3 is 5.97 Å². The van der Waals surface area contributed by atoms with Gasteiger partial charge in [0.15, 0.2) is 5.13 Å². The molecule has 94 valence electrons. The molecule has 17 heavy (non-hydrogen) atoms. The number of esters is 1. The third-order valence-corrected chi connectivity index (χ3v) is 3.06. The third-order valence-electron chi connectivity index (χ3n) is 2.01. The van der Waals surface area contributed by atoms with Gasteiger partial charge in [0.05, 0.1) is 12.8 Å². The highest BCUT2D eigenvalue weighted by Gasteiger charge is 2.16. The molecule has 6 heteroatoms. The summed E-state index contributed by atoms with van der Waals surface area (Å²) in [6.45, 7) is 5.64. The molecule has 5 nitrogen and oxygen atoms in total. The van der Waals surface area contributed by atoms with Gasteiger partial charge in [-0.2, -0.15) is 0 Å². The highest BCUT2D eigenvalue weighted by Crippen LogP contribution is 2.23. The van der Waals surface area contributed by atoms with Gasteiger partial charge in [0.25, 0.3) is 0 Å². The van der Waals surface area contributed by atoms with Gasteiger partial charge in [-0.15, -0.1) is 0 Å². The fourth-order valence-corrected chi connectivity index (χ4v) is 2.17. The molecule has 1 aromatic rings. The minimum absolute atomic E-state index is 0.0924. The molecule has 0 radical (unpaired) electrons. The summed E-state index contributed by atoms with van der Waals surface area (Å²) in [6.07, 6.45) is 0.437. The molecule has 0 saturated heterocycles. The number of nitrogens with zero attached hydrogens (tertiary/aromatic N) is 1. The summed E-state index contributed by atoms with van der Waals surface area (Å²) in [4.78, 5) is 27.4. The Bertz CT molecular complexity index is 426. The number of amides is 1. The number of thiazole rings is 1. The fraction of sp³-hybridized carbons (Fsp3) is 0.545. The predicted octanol–water partition coefficient (Wildman–Crippen LogP) is 2.22. The summed E-state index contributed by atoms with van der Waals surface area (Å²) in [6, 6.07) is 0. The Morgan fingerprint density at radius 3 is 2.65 bits per heavy atom. The molecule has 1 rings (SSSR count). The van der Waals surface area contributed by atoms with Crippen LogP contribution in [0.2, 0.25) is 0 Å². The number of aryl methyl sites for hydroxylation is 1. The molecule has 0 aliphatic rings. The monoisotopic (exact) mass is 256 g/mol. The van der Waals surface area contributed by atoms with Gasteiger partial charge in [-0.25, -0.2) is 9.78 Å². The zero-order valence-electron chi connectivity index (χ0n) is 10.4. The molecule has 0 fully saturated rings. The van der Waals surface area contributed by atoms with E-state index in [0.717, 1.165) is 11.3 Å². The highest BCUT2D eigenvalue weighted by atomic mass is 32.1. The summed E-state index contributed by atoms with van der Waals surface area (Å²) < 4.78 is 4.62. The fourth-order valence-electron chi connectivity index (χ4n) is 1.27. The number of ether oxygens (including phenoxy) is 1. The van der Waals surface area contributed by atoms with Crippen molar-refractivity contribution in [2.24, 2.45) is 5.92 Å². The van der Waals surface area contributed by atoms with Crippen LogP contribution >= 0.6 is 11.3 Å². The number of anilines is 1. The first-order chi connectivity index (χ1) is 7.93. The van der Waals surface area contributed by atoms with Crippen molar-refractivity contribution in [3.8, 4) is 0 Å². The van der Waals surface area contributed by atoms with Crippen LogP contribution in [0.25, 0.3) is 0 Å². The summed E-state index contributed by atoms with van der Waals surface area (Å²) in [5, 5.41) is 3.11. The topological polar surface area (TPSA) is 68.3 Å². The van der Waals surface area contributed by atoms with Gasteiger partial charge < -0.3 is 10.1 Å². The van der Waals surface area contributed by atoms with Crippen LogP contribution in [0.5, 0.6) is 0 Å². The lowest BCUT2D eigenvalue weighted by molar-refractivity contribution is -0.116. The molecule has 0 aromatic carbocycles. The standard InChI is InChI=1S/C11H16N2O3S/c1-6(2)5-8(14)13-11-12-7(3)9(17-11)10(15)16-4/h6H,5H2,1-4H3,(H,12,13,14). The second-order valence-corrected chi connectivity index (χ2v) is 5.07. The summed E-state index contributed by atoms with van der Waals surface area (Å²) in [7, 11) is 1.32. The average Bonchev–Trinajstić information content (AvgIpc) is 2.56. The van der Waals surface area contributed by atoms with Gasteiger partial charge in [-0.3, -0.25) is 4.79 Å². The molecule has 1 N–H and O–H groups in total. The largest absolute Gasteiger partial charge is 0.465 e. The number of methoxy groups -OCH3 is 1. The lowest BCUT2D eigenvalue weighted by atomic mass is 10.1. The second-order valence-electron chi connectivity index (χ2n) is 4.07. The van der Waals surface area contributed by atoms with E-state index in [-0.39, 0.29) is 11.8 Å². The number of aromatic nitrogens is 1. The normalized spacial score (nSPS) is 10.4. The Morgan fingerprint density at radius 2 is 2.12 bits per heavy atom. The van der Waals surface area contributed by atoms with Crippen molar-refractivity contribution in [2.75, 3.05) is 12.4 Å². The first-order valence-corrected chi connectivity index (χ1v) is 6.11. The second kappa shape index (κ2) is 5.77. The van der Waals surface area contributed by atoms with Gasteiger partial charge in [0, 0.05) is 6.42 Å². The Kier molecular flexibility index (Phi) is 4.62. The van der Waals surface area contributed by atoms with Gasteiger partial charge in [0.2, 0.25) is 5.91 Å². The van der Waals surface area contributed by atoms with Crippen LogP contribution in [0.4, 0.5) is 5.13 Å². The van der Waals surface area contributed by atoms with E-state index in [9.17, 15) is 9.59 Å². The summed E-state index contributed by atoms with van der Waals surface area (Å²) in [5.41, 5.74) is 0.571. The molecule has 0 aliphatic heterocycles. The zero-order chi connectivity index (χ0) is 13.0. The van der Waals surface area contributed by atoms with E-state index in [2.05, 4.69) is 15.0 Å². The Morgan fingerprint density at radius 1 is 1.47 bits per heavy atom. The molecule has 0 bridgehead atoms. The van der Waals surface area contributed by atoms with E-state index >= 15 is 0 Å². The highest BCUT2D eigenvalue weighted by molar-refractivity contribution is 7.17. The Hall–Kier alpha value is -1.43. The number of hydrogen-bond acceptors (Lipinski definition) is 5. The number of carbonyl (C=O) groups is 2. The van der Waals surface area contributed by atoms with Crippen LogP contribution in [0.3, 0.4) is 0 Å². The molecule has 0 aliphatic carbocycles. The van der Waals surface area contributed by atoms with Crippen molar-refractivity contribution >= 4 is 28.3 Å². The molecule has 1 aromatic heterocycles. The van der Waals surface area contributed by atoms with Gasteiger partial charge in [-0.1, -0.05) is 25.2 Å². The zero-order valence-corrected chi connectivity index (χ0v) is 11.2. The average molecular weight is 256 g/mol. The summed E-state index contributed by atoms with van der Waals surface area (Å²) in [5.74, 6) is -0.231. The molecular weight excluding hydrogens is 240 g/mol. The quantitative estimate of drug-likeness (QED) is 0.839. The third kappa shape index (κ3) is 3.81. The molecule has 1 heterocycles. The maximum atomic E-state index is 11.5. The van der Waals surface area contributed by atoms with Crippen molar-refractivity contribution < 1.29 is 14.3 Å². The van der Waals surface area contributed by atoms with Crippen molar-refractivity contribution in [3.63, 3.8) is 0 Å². The summed E-state index contributed by atoms with van der Waals surface area (Å²) >= 11 is 1.13. The van der Waals surface area contributed by atoms with Crippen LogP contribution < -0.4 is 5.32 Å². The molecule has 0 spiro atoms. The predicted molar refractivity (Wildman–Crippen MR) is 66.3 cm³/mol. The number of hydrogen-bond donors (Lipinski definition) is 1. The number of carbonyl (C=O) groups excluding carboxylic acids is 2. The lowest BCUT2D eigenvalue weighted by Gasteiger charge is -2.03. The van der Waals surface area contributed by atoms with Gasteiger partial charge in [0.1, 0.15) is 4.88 Å². The van der Waals surface area contributed by atoms with E-state index in [1.807, 2.05) is 13.8 Å². The van der Waals surface area contributed by atoms with Crippen LogP contribution in [-0.4, -0.2) is 24.0 Å². The van der Waals surface area contributed by atoms with E-state index in [1.54, 1.807) is 6.92 Å². The molecule has 0 atom stereocenters. The molecule has 1 amide bonds. The number of rotatable bonds is 4. The van der Waals surface area contributed by atoms with Crippen molar-refractivity contribution in [3.05, 3.63) is 10.6 Å². The van der Waals surface area contributed by atoms with Crippen LogP contribution in [0.15, 0.2) is 0 Å². The van der Waals surface area contributed by atoms with Crippen molar-refractivity contribution in [1.29, 1.82) is 0 Å². The van der Waals surface area contributed by atoms with E-state index in [4.69, 9.17) is 0 Å². The number of nitrogens with one attached hydrogen (secondary N) is 1. The molecule has 0 unspecified atom stereocenters. The van der Waals surface area contributed by atoms with Crippen LogP contribution in [0, 0.1) is 12.8 Å². The SMILES string of the molecule is COC(=O)c1sc(NC(=O)CC(C)C)nc1C. The first kappa shape index (κ1) is 13.6. The van der Waals surface area contributed by atoms with E-state index in [0.29, 0.717) is 22.1 Å². The van der Waals surface area contributed by atoms with Crippen LogP contribution in [0.1, 0.15) is 35.6 Å². The Balaban J connectivity index is 2.74. The maximum Gasteiger partial charge on any atom is 0.350 e. The van der Waals surface area contributed by atoms with E-state index < -0.39 is 5.97 Å². The minimum atomic E-state index is -0.427. The van der Waals surface area contributed by atoms with Crippen molar-refractivity contribution in [2.45, 2.75) is 27.2 Å². The lowest BCUT2D eigenvalue weighted by Crippen LogP contribution is -2.13. The molecule has 0 saturated carbocycles. The first-order valence-electron chi connectivity index (χ1n) is 5.29. The van der Waals surface area contributed by atoms with E-state index in [1.165, 1.54) is 7.11 Å².